The SMILES string of the molecule is CCc1ccc(C(CNC(=O)N2CC(C)CC(C(=O)O)C2)N(CC)CC)cc1. The van der Waals surface area contributed by atoms with Crippen LogP contribution in [0.25, 0.3) is 0 Å². The lowest BCUT2D eigenvalue weighted by molar-refractivity contribution is -0.143. The van der Waals surface area contributed by atoms with Crippen LogP contribution in [0.5, 0.6) is 0 Å². The minimum absolute atomic E-state index is 0.0994. The van der Waals surface area contributed by atoms with E-state index in [0.717, 1.165) is 19.5 Å². The smallest absolute Gasteiger partial charge is 0.317 e. The molecule has 0 aromatic heterocycles. The van der Waals surface area contributed by atoms with Crippen LogP contribution in [0.15, 0.2) is 24.3 Å². The second kappa shape index (κ2) is 10.5. The van der Waals surface area contributed by atoms with Crippen molar-refractivity contribution in [3.63, 3.8) is 0 Å². The molecule has 6 nitrogen and oxygen atoms in total. The van der Waals surface area contributed by atoms with Gasteiger partial charge in [0.2, 0.25) is 0 Å². The third-order valence-electron chi connectivity index (χ3n) is 5.77. The maximum atomic E-state index is 12.8. The van der Waals surface area contributed by atoms with Crippen molar-refractivity contribution in [3.05, 3.63) is 35.4 Å². The number of aryl methyl sites for hydroxylation is 1. The fourth-order valence-corrected chi connectivity index (χ4v) is 4.09. The average Bonchev–Trinajstić information content (AvgIpc) is 2.70. The predicted molar refractivity (Wildman–Crippen MR) is 111 cm³/mol. The Kier molecular flexibility index (Phi) is 8.30. The van der Waals surface area contributed by atoms with Gasteiger partial charge in [-0.1, -0.05) is 52.0 Å². The van der Waals surface area contributed by atoms with E-state index in [2.05, 4.69) is 55.3 Å². The number of likely N-dealkylation sites (N-methyl/N-ethyl adjacent to an activating group) is 1. The Bertz CT molecular complexity index is 643. The highest BCUT2D eigenvalue weighted by Gasteiger charge is 2.32. The van der Waals surface area contributed by atoms with Gasteiger partial charge in [-0.05, 0) is 43.0 Å². The number of nitrogens with one attached hydrogen (secondary N) is 1. The molecular weight excluding hydrogens is 354 g/mol. The first-order valence-electron chi connectivity index (χ1n) is 10.5. The van der Waals surface area contributed by atoms with Crippen LogP contribution >= 0.6 is 0 Å². The summed E-state index contributed by atoms with van der Waals surface area (Å²) in [4.78, 5) is 28.1. The molecule has 28 heavy (non-hydrogen) atoms. The molecule has 3 unspecified atom stereocenters. The molecular formula is C22H35N3O3. The minimum atomic E-state index is -0.818. The topological polar surface area (TPSA) is 72.9 Å². The molecule has 2 rings (SSSR count). The van der Waals surface area contributed by atoms with Gasteiger partial charge in [-0.15, -0.1) is 0 Å². The van der Waals surface area contributed by atoms with Gasteiger partial charge in [0.05, 0.1) is 12.0 Å². The van der Waals surface area contributed by atoms with E-state index in [0.29, 0.717) is 19.5 Å². The van der Waals surface area contributed by atoms with Crippen LogP contribution in [0.1, 0.15) is 51.3 Å². The van der Waals surface area contributed by atoms with Gasteiger partial charge in [-0.25, -0.2) is 4.79 Å². The van der Waals surface area contributed by atoms with Crippen LogP contribution in [0.2, 0.25) is 0 Å². The summed E-state index contributed by atoms with van der Waals surface area (Å²) in [7, 11) is 0. The second-order valence-corrected chi connectivity index (χ2v) is 7.80. The molecule has 1 aromatic rings. The normalized spacial score (nSPS) is 20.8. The van der Waals surface area contributed by atoms with Gasteiger partial charge >= 0.3 is 12.0 Å². The quantitative estimate of drug-likeness (QED) is 0.715. The zero-order valence-electron chi connectivity index (χ0n) is 17.6. The maximum Gasteiger partial charge on any atom is 0.317 e. The van der Waals surface area contributed by atoms with Gasteiger partial charge in [0, 0.05) is 19.6 Å². The minimum Gasteiger partial charge on any atom is -0.481 e. The molecule has 0 aliphatic carbocycles. The van der Waals surface area contributed by atoms with Crippen molar-refractivity contribution in [1.29, 1.82) is 0 Å². The number of likely N-dealkylation sites (tertiary alicyclic amines) is 1. The van der Waals surface area contributed by atoms with E-state index in [4.69, 9.17) is 0 Å². The summed E-state index contributed by atoms with van der Waals surface area (Å²) in [6, 6.07) is 8.53. The number of carbonyl (C=O) groups is 2. The Morgan fingerprint density at radius 1 is 1.18 bits per heavy atom. The van der Waals surface area contributed by atoms with Crippen LogP contribution in [0.3, 0.4) is 0 Å². The number of aliphatic carboxylic acids is 1. The largest absolute Gasteiger partial charge is 0.481 e. The van der Waals surface area contributed by atoms with Crippen molar-refractivity contribution in [1.82, 2.24) is 15.1 Å². The van der Waals surface area contributed by atoms with Gasteiger partial charge in [0.15, 0.2) is 0 Å². The van der Waals surface area contributed by atoms with Gasteiger partial charge in [0.25, 0.3) is 0 Å². The van der Waals surface area contributed by atoms with Gasteiger partial charge in [-0.2, -0.15) is 0 Å². The van der Waals surface area contributed by atoms with Crippen molar-refractivity contribution in [3.8, 4) is 0 Å². The molecule has 1 aromatic carbocycles. The lowest BCUT2D eigenvalue weighted by atomic mass is 9.91. The van der Waals surface area contributed by atoms with Crippen LogP contribution in [0.4, 0.5) is 4.79 Å². The first-order chi connectivity index (χ1) is 13.4. The molecule has 3 atom stereocenters. The predicted octanol–water partition coefficient (Wildman–Crippen LogP) is 3.38. The fraction of sp³-hybridized carbons (Fsp3) is 0.636. The number of carboxylic acids is 1. The number of hydrogen-bond acceptors (Lipinski definition) is 3. The highest BCUT2D eigenvalue weighted by molar-refractivity contribution is 5.76. The highest BCUT2D eigenvalue weighted by atomic mass is 16.4. The third-order valence-corrected chi connectivity index (χ3v) is 5.77. The molecule has 1 fully saturated rings. The van der Waals surface area contributed by atoms with Gasteiger partial charge in [-0.3, -0.25) is 9.69 Å². The number of rotatable bonds is 8. The molecule has 0 saturated carbocycles. The molecule has 0 bridgehead atoms. The first-order valence-corrected chi connectivity index (χ1v) is 10.5. The number of amides is 2. The standard InChI is InChI=1S/C22H35N3O3/c1-5-17-8-10-18(11-9-17)20(24(6-2)7-3)13-23-22(28)25-14-16(4)12-19(15-25)21(26)27/h8-11,16,19-20H,5-7,12-15H2,1-4H3,(H,23,28)(H,26,27). The van der Waals surface area contributed by atoms with Gasteiger partial charge in [0.1, 0.15) is 0 Å². The summed E-state index contributed by atoms with van der Waals surface area (Å²) in [6.45, 7) is 11.6. The Balaban J connectivity index is 2.07. The Hall–Kier alpha value is -2.08. The van der Waals surface area contributed by atoms with Crippen molar-refractivity contribution in [2.24, 2.45) is 11.8 Å². The number of piperidine rings is 1. The molecule has 2 amide bonds. The van der Waals surface area contributed by atoms with Crippen LogP contribution in [-0.4, -0.2) is 59.6 Å². The number of nitrogens with zero attached hydrogens (tertiary/aromatic N) is 2. The fourth-order valence-electron chi connectivity index (χ4n) is 4.09. The number of carboxylic acid groups (broad SMARTS) is 1. The molecule has 0 radical (unpaired) electrons. The summed E-state index contributed by atoms with van der Waals surface area (Å²) in [6.07, 6.45) is 1.63. The third kappa shape index (κ3) is 5.71. The monoisotopic (exact) mass is 389 g/mol. The van der Waals surface area contributed by atoms with Crippen molar-refractivity contribution >= 4 is 12.0 Å². The van der Waals surface area contributed by atoms with Crippen LogP contribution < -0.4 is 5.32 Å². The average molecular weight is 390 g/mol. The molecule has 0 spiro atoms. The molecule has 156 valence electrons. The van der Waals surface area contributed by atoms with E-state index in [-0.39, 0.29) is 24.5 Å². The summed E-state index contributed by atoms with van der Waals surface area (Å²) in [5.41, 5.74) is 2.49. The second-order valence-electron chi connectivity index (χ2n) is 7.80. The highest BCUT2D eigenvalue weighted by Crippen LogP contribution is 2.23. The summed E-state index contributed by atoms with van der Waals surface area (Å²) in [5.74, 6) is -1.10. The van der Waals surface area contributed by atoms with E-state index >= 15 is 0 Å². The molecule has 1 heterocycles. The van der Waals surface area contributed by atoms with E-state index in [1.807, 2.05) is 6.92 Å². The van der Waals surface area contributed by atoms with Crippen LogP contribution in [0, 0.1) is 11.8 Å². The zero-order valence-corrected chi connectivity index (χ0v) is 17.6. The molecule has 1 aliphatic rings. The summed E-state index contributed by atoms with van der Waals surface area (Å²) >= 11 is 0. The Morgan fingerprint density at radius 3 is 2.36 bits per heavy atom. The zero-order chi connectivity index (χ0) is 20.7. The van der Waals surface area contributed by atoms with E-state index in [9.17, 15) is 14.7 Å². The van der Waals surface area contributed by atoms with Gasteiger partial charge < -0.3 is 15.3 Å². The maximum absolute atomic E-state index is 12.8. The van der Waals surface area contributed by atoms with Crippen molar-refractivity contribution in [2.45, 2.75) is 46.6 Å². The molecule has 2 N–H and O–H groups in total. The number of benzene rings is 1. The Labute approximate surface area is 168 Å². The lowest BCUT2D eigenvalue weighted by Gasteiger charge is -2.36. The Morgan fingerprint density at radius 2 is 1.82 bits per heavy atom. The molecule has 1 aliphatic heterocycles. The first kappa shape index (κ1) is 22.2. The summed E-state index contributed by atoms with van der Waals surface area (Å²) in [5, 5.41) is 12.4. The lowest BCUT2D eigenvalue weighted by Crippen LogP contribution is -2.50. The van der Waals surface area contributed by atoms with E-state index in [1.165, 1.54) is 11.1 Å². The van der Waals surface area contributed by atoms with Crippen molar-refractivity contribution in [2.75, 3.05) is 32.7 Å². The number of urea groups is 1. The van der Waals surface area contributed by atoms with E-state index < -0.39 is 11.9 Å². The summed E-state index contributed by atoms with van der Waals surface area (Å²) < 4.78 is 0. The number of hydrogen-bond donors (Lipinski definition) is 2. The molecule has 1 saturated heterocycles. The van der Waals surface area contributed by atoms with Crippen LogP contribution in [-0.2, 0) is 11.2 Å². The number of carbonyl (C=O) groups excluding carboxylic acids is 1. The van der Waals surface area contributed by atoms with Crippen molar-refractivity contribution < 1.29 is 14.7 Å². The van der Waals surface area contributed by atoms with E-state index in [1.54, 1.807) is 4.90 Å². The molecule has 6 heteroatoms.